The highest BCUT2D eigenvalue weighted by molar-refractivity contribution is 5.71. The van der Waals surface area contributed by atoms with Crippen LogP contribution in [0.5, 0.6) is 11.5 Å². The molecule has 2 N–H and O–H groups in total. The quantitative estimate of drug-likeness (QED) is 0.613. The van der Waals surface area contributed by atoms with E-state index in [-0.39, 0.29) is 5.56 Å². The predicted molar refractivity (Wildman–Crippen MR) is 65.1 cm³/mol. The first-order valence-corrected chi connectivity index (χ1v) is 5.12. The van der Waals surface area contributed by atoms with Gasteiger partial charge in [-0.15, -0.1) is 0 Å². The van der Waals surface area contributed by atoms with Crippen LogP contribution in [0, 0.1) is 5.82 Å². The van der Waals surface area contributed by atoms with Crippen molar-refractivity contribution in [1.82, 2.24) is 0 Å². The summed E-state index contributed by atoms with van der Waals surface area (Å²) in [5.74, 6) is -2.00. The van der Waals surface area contributed by atoms with Crippen LogP contribution >= 0.6 is 0 Å². The summed E-state index contributed by atoms with van der Waals surface area (Å²) < 4.78 is 13.5. The second kappa shape index (κ2) is 4.70. The van der Waals surface area contributed by atoms with Gasteiger partial charge in [0.05, 0.1) is 0 Å². The minimum Gasteiger partial charge on any atom is -0.504 e. The molecular formula is C14H11FO2. The maximum Gasteiger partial charge on any atom is 0.194 e. The molecule has 0 unspecified atom stereocenters. The molecule has 0 heterocycles. The van der Waals surface area contributed by atoms with Crippen LogP contribution in [0.15, 0.2) is 42.5 Å². The maximum absolute atomic E-state index is 13.5. The van der Waals surface area contributed by atoms with E-state index < -0.39 is 17.3 Å². The Labute approximate surface area is 98.3 Å². The Balaban J connectivity index is 2.31. The van der Waals surface area contributed by atoms with Crippen LogP contribution in [0.1, 0.15) is 11.1 Å². The lowest BCUT2D eigenvalue weighted by atomic mass is 10.1. The Morgan fingerprint density at radius 2 is 1.59 bits per heavy atom. The van der Waals surface area contributed by atoms with Gasteiger partial charge in [-0.2, -0.15) is 0 Å². The summed E-state index contributed by atoms with van der Waals surface area (Å²) in [7, 11) is 0. The summed E-state index contributed by atoms with van der Waals surface area (Å²) in [5.41, 5.74) is 1.16. The number of rotatable bonds is 2. The molecule has 0 amide bonds. The monoisotopic (exact) mass is 230 g/mol. The molecular weight excluding hydrogens is 219 g/mol. The molecule has 0 saturated heterocycles. The van der Waals surface area contributed by atoms with E-state index in [0.29, 0.717) is 0 Å². The zero-order valence-corrected chi connectivity index (χ0v) is 8.97. The Morgan fingerprint density at radius 1 is 0.882 bits per heavy atom. The molecule has 3 heteroatoms. The molecule has 0 aliphatic heterocycles. The number of benzene rings is 2. The topological polar surface area (TPSA) is 40.5 Å². The summed E-state index contributed by atoms with van der Waals surface area (Å²) in [6.07, 6.45) is 3.28. The lowest BCUT2D eigenvalue weighted by Gasteiger charge is -2.01. The minimum atomic E-state index is -0.822. The summed E-state index contributed by atoms with van der Waals surface area (Å²) in [5, 5.41) is 18.3. The van der Waals surface area contributed by atoms with Crippen molar-refractivity contribution in [1.29, 1.82) is 0 Å². The molecule has 0 fully saturated rings. The maximum atomic E-state index is 13.5. The standard InChI is InChI=1S/C14H11FO2/c15-13-11(8-9-12(16)14(13)17)7-6-10-4-2-1-3-5-10/h1-9,16-17H/b7-6+. The van der Waals surface area contributed by atoms with Crippen LogP contribution in [-0.2, 0) is 0 Å². The third-order valence-electron chi connectivity index (χ3n) is 2.38. The molecule has 0 atom stereocenters. The van der Waals surface area contributed by atoms with Crippen molar-refractivity contribution in [3.63, 3.8) is 0 Å². The van der Waals surface area contributed by atoms with Gasteiger partial charge < -0.3 is 10.2 Å². The van der Waals surface area contributed by atoms with Crippen LogP contribution in [0.25, 0.3) is 12.2 Å². The van der Waals surface area contributed by atoms with Crippen molar-refractivity contribution in [3.05, 3.63) is 59.4 Å². The fourth-order valence-corrected chi connectivity index (χ4v) is 1.45. The molecule has 0 bridgehead atoms. The van der Waals surface area contributed by atoms with Gasteiger partial charge in [0.15, 0.2) is 17.3 Å². The van der Waals surface area contributed by atoms with Crippen molar-refractivity contribution < 1.29 is 14.6 Å². The van der Waals surface area contributed by atoms with Crippen LogP contribution < -0.4 is 0 Å². The fraction of sp³-hybridized carbons (Fsp3) is 0. The van der Waals surface area contributed by atoms with Crippen LogP contribution in [0.3, 0.4) is 0 Å². The highest BCUT2D eigenvalue weighted by Gasteiger charge is 2.09. The highest BCUT2D eigenvalue weighted by Crippen LogP contribution is 2.30. The van der Waals surface area contributed by atoms with E-state index in [9.17, 15) is 9.50 Å². The van der Waals surface area contributed by atoms with E-state index in [4.69, 9.17) is 5.11 Å². The van der Waals surface area contributed by atoms with Gasteiger partial charge in [0.2, 0.25) is 0 Å². The molecule has 0 radical (unpaired) electrons. The van der Waals surface area contributed by atoms with Gasteiger partial charge in [-0.3, -0.25) is 0 Å². The van der Waals surface area contributed by atoms with Crippen LogP contribution in [0.2, 0.25) is 0 Å². The molecule has 0 spiro atoms. The molecule has 0 aromatic heterocycles. The van der Waals surface area contributed by atoms with Gasteiger partial charge >= 0.3 is 0 Å². The van der Waals surface area contributed by atoms with Gasteiger partial charge in [-0.1, -0.05) is 42.5 Å². The Bertz CT molecular complexity index is 548. The van der Waals surface area contributed by atoms with Gasteiger partial charge in [0.1, 0.15) is 0 Å². The summed E-state index contributed by atoms with van der Waals surface area (Å²) in [4.78, 5) is 0. The van der Waals surface area contributed by atoms with Gasteiger partial charge in [-0.05, 0) is 17.7 Å². The summed E-state index contributed by atoms with van der Waals surface area (Å²) >= 11 is 0. The second-order valence-corrected chi connectivity index (χ2v) is 3.58. The molecule has 0 aliphatic carbocycles. The number of aromatic hydroxyl groups is 2. The zero-order chi connectivity index (χ0) is 12.3. The average Bonchev–Trinajstić information content (AvgIpc) is 2.36. The van der Waals surface area contributed by atoms with E-state index in [1.54, 1.807) is 12.2 Å². The van der Waals surface area contributed by atoms with Gasteiger partial charge in [0.25, 0.3) is 0 Å². The van der Waals surface area contributed by atoms with E-state index in [2.05, 4.69) is 0 Å². The van der Waals surface area contributed by atoms with Crippen molar-refractivity contribution in [2.24, 2.45) is 0 Å². The number of hydrogen-bond acceptors (Lipinski definition) is 2. The second-order valence-electron chi connectivity index (χ2n) is 3.58. The lowest BCUT2D eigenvalue weighted by Crippen LogP contribution is -1.83. The largest absolute Gasteiger partial charge is 0.504 e. The molecule has 0 saturated carbocycles. The molecule has 0 aliphatic rings. The third-order valence-corrected chi connectivity index (χ3v) is 2.38. The van der Waals surface area contributed by atoms with Crippen molar-refractivity contribution in [2.75, 3.05) is 0 Å². The van der Waals surface area contributed by atoms with Crippen molar-refractivity contribution in [2.45, 2.75) is 0 Å². The minimum absolute atomic E-state index is 0.226. The van der Waals surface area contributed by atoms with Gasteiger partial charge in [0, 0.05) is 5.56 Å². The number of phenols is 2. The molecule has 17 heavy (non-hydrogen) atoms. The van der Waals surface area contributed by atoms with Crippen LogP contribution in [0.4, 0.5) is 4.39 Å². The van der Waals surface area contributed by atoms with Crippen molar-refractivity contribution >= 4 is 12.2 Å². The smallest absolute Gasteiger partial charge is 0.194 e. The summed E-state index contributed by atoms with van der Waals surface area (Å²) in [6.45, 7) is 0. The first-order valence-electron chi connectivity index (χ1n) is 5.12. The first-order chi connectivity index (χ1) is 8.18. The molecule has 2 aromatic rings. The Morgan fingerprint density at radius 3 is 2.29 bits per heavy atom. The average molecular weight is 230 g/mol. The van der Waals surface area contributed by atoms with E-state index in [1.165, 1.54) is 12.1 Å². The first kappa shape index (κ1) is 11.2. The SMILES string of the molecule is Oc1ccc(/C=C/c2ccccc2)c(F)c1O. The van der Waals surface area contributed by atoms with Crippen LogP contribution in [-0.4, -0.2) is 10.2 Å². The zero-order valence-electron chi connectivity index (χ0n) is 8.97. The molecule has 2 nitrogen and oxygen atoms in total. The van der Waals surface area contributed by atoms with Crippen molar-refractivity contribution in [3.8, 4) is 11.5 Å². The lowest BCUT2D eigenvalue weighted by molar-refractivity contribution is 0.378. The fourth-order valence-electron chi connectivity index (χ4n) is 1.45. The number of hydrogen-bond donors (Lipinski definition) is 2. The molecule has 2 rings (SSSR count). The third kappa shape index (κ3) is 2.45. The van der Waals surface area contributed by atoms with E-state index in [0.717, 1.165) is 5.56 Å². The van der Waals surface area contributed by atoms with Gasteiger partial charge in [-0.25, -0.2) is 4.39 Å². The molecule has 86 valence electrons. The van der Waals surface area contributed by atoms with E-state index in [1.807, 2.05) is 30.3 Å². The highest BCUT2D eigenvalue weighted by atomic mass is 19.1. The van der Waals surface area contributed by atoms with E-state index >= 15 is 0 Å². The normalized spacial score (nSPS) is 10.9. The Kier molecular flexibility index (Phi) is 3.10. The number of phenolic OH excluding ortho intramolecular Hbond substituents is 2. The summed E-state index contributed by atoms with van der Waals surface area (Å²) in [6, 6.07) is 12.1. The predicted octanol–water partition coefficient (Wildman–Crippen LogP) is 3.41. The number of halogens is 1. The molecule has 2 aromatic carbocycles. The Hall–Kier alpha value is -2.29.